The molecule has 0 aliphatic carbocycles. The number of nitrogens with zero attached hydrogens (tertiary/aromatic N) is 6. The van der Waals surface area contributed by atoms with E-state index in [1.54, 1.807) is 6.20 Å². The Morgan fingerprint density at radius 3 is 2.64 bits per heavy atom. The van der Waals surface area contributed by atoms with Crippen LogP contribution < -0.4 is 15.5 Å². The van der Waals surface area contributed by atoms with Gasteiger partial charge in [0.25, 0.3) is 0 Å². The average Bonchev–Trinajstić information content (AvgIpc) is 3.28. The highest BCUT2D eigenvalue weighted by Gasteiger charge is 2.18. The number of aromatic nitrogens is 3. The molecule has 1 aliphatic rings. The molecular formula is C22H24N8OS2. The first kappa shape index (κ1) is 23.0. The summed E-state index contributed by atoms with van der Waals surface area (Å²) >= 11 is 2.73. The summed E-state index contributed by atoms with van der Waals surface area (Å²) in [5.74, 6) is 1.47. The highest BCUT2D eigenvalue weighted by atomic mass is 32.2. The maximum atomic E-state index is 11.6. The third kappa shape index (κ3) is 6.19. The molecule has 4 rings (SSSR count). The average molecular weight is 481 g/mol. The number of thiazole rings is 1. The molecule has 1 fully saturated rings. The Morgan fingerprint density at radius 1 is 1.21 bits per heavy atom. The normalized spacial score (nSPS) is 14.0. The molecule has 0 atom stereocenters. The molecule has 1 aromatic carbocycles. The van der Waals surface area contributed by atoms with Gasteiger partial charge in [0.2, 0.25) is 5.91 Å². The fraction of sp³-hybridized carbons (Fsp3) is 0.318. The maximum Gasteiger partial charge on any atom is 0.224 e. The SMILES string of the molecule is CCC(=O)Nc1ccc(Sc2nc(Nc3ncc(C#N)s3)cc(N3CCN(C)CC3)n2)cc1. The van der Waals surface area contributed by atoms with E-state index in [0.29, 0.717) is 27.4 Å². The van der Waals surface area contributed by atoms with E-state index in [9.17, 15) is 4.79 Å². The molecule has 11 heteroatoms. The summed E-state index contributed by atoms with van der Waals surface area (Å²) in [6.07, 6.45) is 1.98. The van der Waals surface area contributed by atoms with Crippen molar-refractivity contribution in [1.29, 1.82) is 5.26 Å². The van der Waals surface area contributed by atoms with Gasteiger partial charge in [-0.2, -0.15) is 5.26 Å². The van der Waals surface area contributed by atoms with Crippen molar-refractivity contribution in [3.63, 3.8) is 0 Å². The van der Waals surface area contributed by atoms with Crippen LogP contribution in [0.4, 0.5) is 22.5 Å². The monoisotopic (exact) mass is 480 g/mol. The number of nitrogens with one attached hydrogen (secondary N) is 2. The van der Waals surface area contributed by atoms with Crippen LogP contribution in [0.5, 0.6) is 0 Å². The van der Waals surface area contributed by atoms with Crippen molar-refractivity contribution >= 4 is 51.5 Å². The summed E-state index contributed by atoms with van der Waals surface area (Å²) in [4.78, 5) is 31.4. The Morgan fingerprint density at radius 2 is 1.97 bits per heavy atom. The van der Waals surface area contributed by atoms with Gasteiger partial charge in [0.05, 0.1) is 6.20 Å². The summed E-state index contributed by atoms with van der Waals surface area (Å²) in [5.41, 5.74) is 0.762. The molecule has 3 aromatic rings. The number of hydrogen-bond acceptors (Lipinski definition) is 10. The highest BCUT2D eigenvalue weighted by Crippen LogP contribution is 2.31. The van der Waals surface area contributed by atoms with E-state index in [4.69, 9.17) is 10.2 Å². The minimum Gasteiger partial charge on any atom is -0.354 e. The largest absolute Gasteiger partial charge is 0.354 e. The smallest absolute Gasteiger partial charge is 0.224 e. The third-order valence-electron chi connectivity index (χ3n) is 5.04. The van der Waals surface area contributed by atoms with Crippen LogP contribution >= 0.6 is 23.1 Å². The van der Waals surface area contributed by atoms with Gasteiger partial charge in [-0.3, -0.25) is 4.79 Å². The Hall–Kier alpha value is -3.20. The molecular weight excluding hydrogens is 456 g/mol. The molecule has 2 N–H and O–H groups in total. The fourth-order valence-electron chi connectivity index (χ4n) is 3.17. The number of nitriles is 1. The first-order chi connectivity index (χ1) is 16.0. The Balaban J connectivity index is 1.57. The van der Waals surface area contributed by atoms with Crippen molar-refractivity contribution < 1.29 is 4.79 Å². The van der Waals surface area contributed by atoms with Gasteiger partial charge in [0.15, 0.2) is 10.3 Å². The molecule has 9 nitrogen and oxygen atoms in total. The number of rotatable bonds is 7. The zero-order valence-electron chi connectivity index (χ0n) is 18.4. The molecule has 33 heavy (non-hydrogen) atoms. The predicted molar refractivity (Wildman–Crippen MR) is 131 cm³/mol. The fourth-order valence-corrected chi connectivity index (χ4v) is 4.56. The van der Waals surface area contributed by atoms with Crippen molar-refractivity contribution in [2.45, 2.75) is 23.4 Å². The molecule has 170 valence electrons. The van der Waals surface area contributed by atoms with Crippen LogP contribution in [-0.4, -0.2) is 59.0 Å². The number of piperazine rings is 1. The highest BCUT2D eigenvalue weighted by molar-refractivity contribution is 7.99. The second-order valence-corrected chi connectivity index (χ2v) is 9.55. The lowest BCUT2D eigenvalue weighted by Gasteiger charge is -2.33. The molecule has 0 unspecified atom stereocenters. The molecule has 1 saturated heterocycles. The number of hydrogen-bond donors (Lipinski definition) is 2. The van der Waals surface area contributed by atoms with E-state index < -0.39 is 0 Å². The van der Waals surface area contributed by atoms with E-state index in [2.05, 4.69) is 43.5 Å². The van der Waals surface area contributed by atoms with Crippen molar-refractivity contribution in [2.75, 3.05) is 48.8 Å². The first-order valence-electron chi connectivity index (χ1n) is 10.6. The second-order valence-electron chi connectivity index (χ2n) is 7.48. The van der Waals surface area contributed by atoms with E-state index in [1.165, 1.54) is 23.1 Å². The minimum absolute atomic E-state index is 0.0175. The molecule has 0 saturated carbocycles. The van der Waals surface area contributed by atoms with Crippen LogP contribution in [0.15, 0.2) is 46.6 Å². The van der Waals surface area contributed by atoms with Gasteiger partial charge < -0.3 is 20.4 Å². The van der Waals surface area contributed by atoms with Crippen LogP contribution in [0, 0.1) is 11.3 Å². The molecule has 1 amide bonds. The van der Waals surface area contributed by atoms with Crippen molar-refractivity contribution in [3.05, 3.63) is 41.4 Å². The zero-order chi connectivity index (χ0) is 23.2. The van der Waals surface area contributed by atoms with E-state index in [0.717, 1.165) is 42.6 Å². The maximum absolute atomic E-state index is 11.6. The van der Waals surface area contributed by atoms with Crippen LogP contribution in [-0.2, 0) is 4.79 Å². The van der Waals surface area contributed by atoms with Crippen molar-refractivity contribution in [2.24, 2.45) is 0 Å². The minimum atomic E-state index is -0.0175. The Labute approximate surface area is 200 Å². The number of carbonyl (C=O) groups excluding carboxylic acids is 1. The van der Waals surface area contributed by atoms with Gasteiger partial charge in [-0.15, -0.1) is 0 Å². The topological polar surface area (TPSA) is 110 Å². The molecule has 0 bridgehead atoms. The van der Waals surface area contributed by atoms with Crippen LogP contribution in [0.3, 0.4) is 0 Å². The van der Waals surface area contributed by atoms with Gasteiger partial charge in [-0.1, -0.05) is 18.3 Å². The molecule has 3 heterocycles. The lowest BCUT2D eigenvalue weighted by atomic mass is 10.3. The number of likely N-dealkylation sites (N-methyl/N-ethyl adjacent to an activating group) is 1. The first-order valence-corrected chi connectivity index (χ1v) is 12.2. The Kier molecular flexibility index (Phi) is 7.39. The lowest BCUT2D eigenvalue weighted by molar-refractivity contribution is -0.115. The zero-order valence-corrected chi connectivity index (χ0v) is 20.0. The molecule has 0 spiro atoms. The number of anilines is 4. The number of benzene rings is 1. The summed E-state index contributed by atoms with van der Waals surface area (Å²) in [6.45, 7) is 5.54. The van der Waals surface area contributed by atoms with Gasteiger partial charge in [0.1, 0.15) is 22.6 Å². The van der Waals surface area contributed by atoms with E-state index >= 15 is 0 Å². The third-order valence-corrected chi connectivity index (χ3v) is 6.73. The van der Waals surface area contributed by atoms with Crippen LogP contribution in [0.25, 0.3) is 0 Å². The van der Waals surface area contributed by atoms with Crippen molar-refractivity contribution in [3.8, 4) is 6.07 Å². The standard InChI is InChI=1S/C22H24N8OS2/c1-3-20(31)25-15-4-6-16(7-5-15)32-22-27-18(26-21-24-14-17(13-23)33-21)12-19(28-22)30-10-8-29(2)9-11-30/h4-7,12,14H,3,8-11H2,1-2H3,(H,25,31)(H,24,26,27,28). The predicted octanol–water partition coefficient (Wildman–Crippen LogP) is 3.80. The molecule has 2 aromatic heterocycles. The Bertz CT molecular complexity index is 1150. The summed E-state index contributed by atoms with van der Waals surface area (Å²) < 4.78 is 0. The van der Waals surface area contributed by atoms with Gasteiger partial charge in [0, 0.05) is 49.2 Å². The van der Waals surface area contributed by atoms with Gasteiger partial charge in [-0.05, 0) is 43.1 Å². The molecule has 0 radical (unpaired) electrons. The molecule has 1 aliphatic heterocycles. The van der Waals surface area contributed by atoms with Gasteiger partial charge >= 0.3 is 0 Å². The second kappa shape index (κ2) is 10.6. The summed E-state index contributed by atoms with van der Waals surface area (Å²) in [5, 5.41) is 16.4. The quantitative estimate of drug-likeness (QED) is 0.488. The lowest BCUT2D eigenvalue weighted by Crippen LogP contribution is -2.44. The number of amides is 1. The van der Waals surface area contributed by atoms with E-state index in [1.807, 2.05) is 37.3 Å². The van der Waals surface area contributed by atoms with Crippen molar-refractivity contribution in [1.82, 2.24) is 19.9 Å². The van der Waals surface area contributed by atoms with E-state index in [-0.39, 0.29) is 5.91 Å². The summed E-state index contributed by atoms with van der Waals surface area (Å²) in [6, 6.07) is 11.7. The van der Waals surface area contributed by atoms with Crippen LogP contribution in [0.2, 0.25) is 0 Å². The summed E-state index contributed by atoms with van der Waals surface area (Å²) in [7, 11) is 2.12. The number of carbonyl (C=O) groups is 1. The van der Waals surface area contributed by atoms with Gasteiger partial charge in [-0.25, -0.2) is 15.0 Å². The van der Waals surface area contributed by atoms with Crippen LogP contribution in [0.1, 0.15) is 18.2 Å².